The molecule has 0 aromatic carbocycles. The van der Waals surface area contributed by atoms with E-state index in [9.17, 15) is 5.11 Å². The van der Waals surface area contributed by atoms with Gasteiger partial charge in [-0.3, -0.25) is 0 Å². The predicted octanol–water partition coefficient (Wildman–Crippen LogP) is 2.87. The van der Waals surface area contributed by atoms with E-state index in [1.54, 1.807) is 0 Å². The van der Waals surface area contributed by atoms with E-state index in [0.717, 1.165) is 38.5 Å². The zero-order chi connectivity index (χ0) is 9.53. The van der Waals surface area contributed by atoms with E-state index in [2.05, 4.69) is 6.92 Å². The van der Waals surface area contributed by atoms with E-state index in [0.29, 0.717) is 0 Å². The van der Waals surface area contributed by atoms with Crippen molar-refractivity contribution in [1.29, 1.82) is 0 Å². The molecule has 1 heteroatoms. The highest BCUT2D eigenvalue weighted by molar-refractivity contribution is 5.01. The van der Waals surface area contributed by atoms with Gasteiger partial charge in [0, 0.05) is 1.37 Å². The van der Waals surface area contributed by atoms with E-state index in [-0.39, 0.29) is 11.8 Å². The molecule has 3 atom stereocenters. The van der Waals surface area contributed by atoms with Gasteiger partial charge in [-0.15, -0.1) is 0 Å². The summed E-state index contributed by atoms with van der Waals surface area (Å²) in [4.78, 5) is 0. The van der Waals surface area contributed by atoms with Gasteiger partial charge in [-0.25, -0.2) is 0 Å². The van der Waals surface area contributed by atoms with Gasteiger partial charge >= 0.3 is 0 Å². The molecular formula is C11H20O. The van der Waals surface area contributed by atoms with Gasteiger partial charge in [0.1, 0.15) is 0 Å². The lowest BCUT2D eigenvalue weighted by molar-refractivity contribution is -0.132. The van der Waals surface area contributed by atoms with Crippen molar-refractivity contribution in [3.63, 3.8) is 0 Å². The first-order valence-electron chi connectivity index (χ1n) is 5.81. The zero-order valence-corrected chi connectivity index (χ0v) is 7.97. The van der Waals surface area contributed by atoms with Gasteiger partial charge in [0.15, 0.2) is 0 Å². The summed E-state index contributed by atoms with van der Waals surface area (Å²) in [6, 6.07) is 0. The van der Waals surface area contributed by atoms with Gasteiger partial charge in [-0.1, -0.05) is 32.6 Å². The van der Waals surface area contributed by atoms with Crippen LogP contribution >= 0.6 is 0 Å². The van der Waals surface area contributed by atoms with Crippen molar-refractivity contribution in [2.24, 2.45) is 5.41 Å². The molecule has 1 nitrogen and oxygen atoms in total. The first-order valence-corrected chi connectivity index (χ1v) is 5.23. The summed E-state index contributed by atoms with van der Waals surface area (Å²) in [5.74, 6) is 0. The van der Waals surface area contributed by atoms with E-state index in [1.807, 2.05) is 0 Å². The van der Waals surface area contributed by atoms with Crippen LogP contribution in [0, 0.1) is 5.41 Å². The lowest BCUT2D eigenvalue weighted by Gasteiger charge is -2.52. The van der Waals surface area contributed by atoms with Crippen LogP contribution < -0.4 is 0 Å². The Kier molecular flexibility index (Phi) is 1.68. The smallest absolute Gasteiger partial charge is 0.0701 e. The quantitative estimate of drug-likeness (QED) is 0.591. The van der Waals surface area contributed by atoms with Gasteiger partial charge in [-0.2, -0.15) is 0 Å². The van der Waals surface area contributed by atoms with Crippen LogP contribution in [-0.4, -0.2) is 10.7 Å². The molecule has 0 aliphatic heterocycles. The fraction of sp³-hybridized carbons (Fsp3) is 1.00. The van der Waals surface area contributed by atoms with Crippen LogP contribution in [0.3, 0.4) is 0 Å². The average Bonchev–Trinajstić information content (AvgIpc) is 2.09. The summed E-state index contributed by atoms with van der Waals surface area (Å²) in [6.45, 7) is 2.19. The molecule has 2 fully saturated rings. The maximum absolute atomic E-state index is 10.5. The molecule has 70 valence electrons. The Morgan fingerprint density at radius 1 is 1.08 bits per heavy atom. The van der Waals surface area contributed by atoms with Crippen LogP contribution in [0.1, 0.15) is 59.6 Å². The molecule has 0 amide bonds. The molecule has 0 bridgehead atoms. The summed E-state index contributed by atoms with van der Waals surface area (Å²) in [7, 11) is 0. The Morgan fingerprint density at radius 2 is 1.67 bits per heavy atom. The Morgan fingerprint density at radius 3 is 2.33 bits per heavy atom. The van der Waals surface area contributed by atoms with Crippen molar-refractivity contribution >= 4 is 0 Å². The normalized spacial score (nSPS) is 55.8. The fourth-order valence-corrected chi connectivity index (χ4v) is 2.95. The number of aliphatic hydroxyl groups is 1. The second kappa shape index (κ2) is 2.73. The summed E-state index contributed by atoms with van der Waals surface area (Å²) in [6.07, 6.45) is 7.26. The molecule has 0 radical (unpaired) electrons. The molecule has 1 N–H and O–H groups in total. The molecule has 0 unspecified atom stereocenters. The third-order valence-corrected chi connectivity index (χ3v) is 4.00. The number of rotatable bonds is 0. The molecule has 2 aliphatic rings. The maximum atomic E-state index is 10.5. The monoisotopic (exact) mass is 169 g/mol. The van der Waals surface area contributed by atoms with E-state index >= 15 is 0 Å². The van der Waals surface area contributed by atoms with Gasteiger partial charge < -0.3 is 5.11 Å². The van der Waals surface area contributed by atoms with E-state index in [1.165, 1.54) is 6.42 Å². The van der Waals surface area contributed by atoms with Crippen molar-refractivity contribution in [3.8, 4) is 0 Å². The molecule has 2 aliphatic carbocycles. The molecular weight excluding hydrogens is 148 g/mol. The number of fused-ring (bicyclic) bond motifs is 1. The van der Waals surface area contributed by atoms with Crippen LogP contribution in [0.4, 0.5) is 0 Å². The first kappa shape index (κ1) is 7.37. The Hall–Kier alpha value is -0.0400. The molecule has 0 aromatic heterocycles. The molecule has 0 spiro atoms. The SMILES string of the molecule is [2H][C@H]1CCC[C@@]2(C)CCCC[C@@]12O. The summed E-state index contributed by atoms with van der Waals surface area (Å²) in [5, 5.41) is 10.5. The minimum atomic E-state index is -0.663. The summed E-state index contributed by atoms with van der Waals surface area (Å²) in [5.41, 5.74) is -0.612. The van der Waals surface area contributed by atoms with Gasteiger partial charge in [0.05, 0.1) is 5.60 Å². The maximum Gasteiger partial charge on any atom is 0.0701 e. The lowest BCUT2D eigenvalue weighted by Crippen LogP contribution is -2.50. The fourth-order valence-electron chi connectivity index (χ4n) is 2.95. The predicted molar refractivity (Wildman–Crippen MR) is 50.0 cm³/mol. The second-order valence-electron chi connectivity index (χ2n) is 4.79. The van der Waals surface area contributed by atoms with Gasteiger partial charge in [-0.05, 0) is 31.1 Å². The largest absolute Gasteiger partial charge is 0.389 e. The summed E-state index contributed by atoms with van der Waals surface area (Å²) >= 11 is 0. The molecule has 0 aromatic rings. The second-order valence-corrected chi connectivity index (χ2v) is 4.79. The minimum absolute atomic E-state index is 0.0515. The first-order chi connectivity index (χ1) is 6.08. The topological polar surface area (TPSA) is 20.2 Å². The van der Waals surface area contributed by atoms with Crippen LogP contribution in [-0.2, 0) is 0 Å². The number of hydrogen-bond acceptors (Lipinski definition) is 1. The standard InChI is InChI=1S/C11H20O/c1-10-6-2-4-8-11(10,12)9-5-3-7-10/h12H,2-9H2,1H3/t10-,11-/i8D/t8-,10-,11-/m0/s1. The Balaban J connectivity index is 2.27. The van der Waals surface area contributed by atoms with Crippen LogP contribution in [0.5, 0.6) is 0 Å². The van der Waals surface area contributed by atoms with Crippen molar-refractivity contribution in [2.75, 3.05) is 0 Å². The van der Waals surface area contributed by atoms with Crippen molar-refractivity contribution in [1.82, 2.24) is 0 Å². The molecule has 12 heavy (non-hydrogen) atoms. The highest BCUT2D eigenvalue weighted by Gasteiger charge is 2.49. The van der Waals surface area contributed by atoms with E-state index < -0.39 is 5.60 Å². The third kappa shape index (κ3) is 1.10. The highest BCUT2D eigenvalue weighted by Crippen LogP contribution is 2.52. The summed E-state index contributed by atoms with van der Waals surface area (Å²) < 4.78 is 7.97. The van der Waals surface area contributed by atoms with Crippen LogP contribution in [0.15, 0.2) is 0 Å². The average molecular weight is 169 g/mol. The Bertz CT molecular complexity index is 202. The molecule has 2 rings (SSSR count). The molecule has 0 heterocycles. The third-order valence-electron chi connectivity index (χ3n) is 4.00. The van der Waals surface area contributed by atoms with Crippen LogP contribution in [0.25, 0.3) is 0 Å². The van der Waals surface area contributed by atoms with E-state index in [4.69, 9.17) is 1.37 Å². The van der Waals surface area contributed by atoms with Gasteiger partial charge in [0.2, 0.25) is 0 Å². The Labute approximate surface area is 76.6 Å². The highest BCUT2D eigenvalue weighted by atomic mass is 16.3. The van der Waals surface area contributed by atoms with Crippen LogP contribution in [0.2, 0.25) is 0 Å². The van der Waals surface area contributed by atoms with Crippen molar-refractivity contribution < 1.29 is 6.48 Å². The lowest BCUT2D eigenvalue weighted by atomic mass is 9.57. The molecule has 2 saturated carbocycles. The zero-order valence-electron chi connectivity index (χ0n) is 8.97. The van der Waals surface area contributed by atoms with Gasteiger partial charge in [0.25, 0.3) is 0 Å². The number of hydrogen-bond donors (Lipinski definition) is 1. The van der Waals surface area contributed by atoms with Crippen molar-refractivity contribution in [3.05, 3.63) is 0 Å². The minimum Gasteiger partial charge on any atom is -0.389 e. The van der Waals surface area contributed by atoms with Crippen molar-refractivity contribution in [2.45, 2.75) is 63.9 Å². The molecule has 0 saturated heterocycles.